The van der Waals surface area contributed by atoms with Crippen LogP contribution < -0.4 is 11.0 Å². The summed E-state index contributed by atoms with van der Waals surface area (Å²) in [4.78, 5) is 32.6. The molecule has 94 valence electrons. The van der Waals surface area contributed by atoms with Gasteiger partial charge in [0.1, 0.15) is 6.04 Å². The van der Waals surface area contributed by atoms with Crippen molar-refractivity contribution in [2.75, 3.05) is 5.75 Å². The topological polar surface area (TPSA) is 117 Å². The Morgan fingerprint density at radius 3 is 2.71 bits per heavy atom. The van der Waals surface area contributed by atoms with Crippen molar-refractivity contribution < 1.29 is 14.7 Å². The maximum Gasteiger partial charge on any atom is 0.343 e. The SMILES string of the molecule is CC(=O)NC(CSc1n[nH]c(=O)n1C)C(=O)O. The molecule has 0 aliphatic rings. The number of H-pyrrole nitrogens is 1. The number of carbonyl (C=O) groups excluding carboxylic acids is 1. The highest BCUT2D eigenvalue weighted by Gasteiger charge is 2.19. The molecule has 1 aromatic heterocycles. The number of aliphatic carboxylic acids is 1. The largest absolute Gasteiger partial charge is 0.480 e. The fourth-order valence-corrected chi connectivity index (χ4v) is 1.97. The van der Waals surface area contributed by atoms with E-state index in [0.717, 1.165) is 11.8 Å². The number of amides is 1. The quantitative estimate of drug-likeness (QED) is 0.572. The first-order valence-corrected chi connectivity index (χ1v) is 5.64. The molecule has 1 aromatic rings. The van der Waals surface area contributed by atoms with Crippen molar-refractivity contribution >= 4 is 23.6 Å². The molecule has 0 bridgehead atoms. The molecule has 0 spiro atoms. The van der Waals surface area contributed by atoms with Gasteiger partial charge in [-0.15, -0.1) is 5.10 Å². The first kappa shape index (κ1) is 13.3. The summed E-state index contributed by atoms with van der Waals surface area (Å²) < 4.78 is 1.26. The zero-order valence-electron chi connectivity index (χ0n) is 9.26. The molecule has 1 heterocycles. The van der Waals surface area contributed by atoms with Gasteiger partial charge < -0.3 is 10.4 Å². The van der Waals surface area contributed by atoms with Crippen LogP contribution in [0.15, 0.2) is 9.95 Å². The Labute approximate surface area is 100 Å². The fourth-order valence-electron chi connectivity index (χ4n) is 1.04. The molecule has 9 heteroatoms. The molecule has 8 nitrogen and oxygen atoms in total. The van der Waals surface area contributed by atoms with Crippen molar-refractivity contribution in [3.05, 3.63) is 10.5 Å². The monoisotopic (exact) mass is 260 g/mol. The van der Waals surface area contributed by atoms with Crippen molar-refractivity contribution in [3.63, 3.8) is 0 Å². The number of hydrogen-bond donors (Lipinski definition) is 3. The van der Waals surface area contributed by atoms with E-state index in [2.05, 4.69) is 15.5 Å². The summed E-state index contributed by atoms with van der Waals surface area (Å²) in [5.74, 6) is -1.46. The van der Waals surface area contributed by atoms with E-state index in [1.165, 1.54) is 18.5 Å². The van der Waals surface area contributed by atoms with Crippen LogP contribution in [0.4, 0.5) is 0 Å². The molecule has 1 rings (SSSR count). The summed E-state index contributed by atoms with van der Waals surface area (Å²) in [5, 5.41) is 17.4. The third-order valence-corrected chi connectivity index (χ3v) is 3.02. The van der Waals surface area contributed by atoms with Crippen LogP contribution in [0.1, 0.15) is 6.92 Å². The van der Waals surface area contributed by atoms with Gasteiger partial charge in [0.25, 0.3) is 0 Å². The molecular formula is C8H12N4O4S. The Morgan fingerprint density at radius 2 is 2.29 bits per heavy atom. The molecule has 0 saturated heterocycles. The average molecular weight is 260 g/mol. The standard InChI is InChI=1S/C8H12N4O4S/c1-4(13)9-5(6(14)15)3-17-8-11-10-7(16)12(8)2/h5H,3H2,1-2H3,(H,9,13)(H,10,16)(H,14,15). The van der Waals surface area contributed by atoms with Crippen molar-refractivity contribution in [2.45, 2.75) is 18.1 Å². The third kappa shape index (κ3) is 3.63. The van der Waals surface area contributed by atoms with Crippen LogP contribution in [0.2, 0.25) is 0 Å². The second-order valence-electron chi connectivity index (χ2n) is 3.27. The summed E-state index contributed by atoms with van der Waals surface area (Å²) >= 11 is 1.07. The Balaban J connectivity index is 2.64. The molecule has 1 unspecified atom stereocenters. The Kier molecular flexibility index (Phi) is 4.32. The van der Waals surface area contributed by atoms with E-state index in [1.807, 2.05) is 0 Å². The van der Waals surface area contributed by atoms with Crippen molar-refractivity contribution in [3.8, 4) is 0 Å². The highest BCUT2D eigenvalue weighted by atomic mass is 32.2. The number of nitrogens with zero attached hydrogens (tertiary/aromatic N) is 2. The van der Waals surface area contributed by atoms with E-state index in [-0.39, 0.29) is 11.4 Å². The lowest BCUT2D eigenvalue weighted by Gasteiger charge is -2.11. The number of aromatic nitrogens is 3. The molecule has 0 aromatic carbocycles. The lowest BCUT2D eigenvalue weighted by Crippen LogP contribution is -2.41. The highest BCUT2D eigenvalue weighted by molar-refractivity contribution is 7.99. The van der Waals surface area contributed by atoms with Crippen LogP contribution >= 0.6 is 11.8 Å². The second kappa shape index (κ2) is 5.53. The first-order chi connectivity index (χ1) is 7.91. The van der Waals surface area contributed by atoms with Gasteiger partial charge in [-0.25, -0.2) is 14.7 Å². The molecule has 0 fully saturated rings. The number of nitrogens with one attached hydrogen (secondary N) is 2. The number of carbonyl (C=O) groups is 2. The Bertz CT molecular complexity index is 480. The zero-order valence-corrected chi connectivity index (χ0v) is 10.1. The molecule has 0 aliphatic heterocycles. The van der Waals surface area contributed by atoms with Gasteiger partial charge >= 0.3 is 11.7 Å². The lowest BCUT2D eigenvalue weighted by atomic mass is 10.3. The normalized spacial score (nSPS) is 12.1. The number of carboxylic acids is 1. The van der Waals surface area contributed by atoms with Gasteiger partial charge in [0.05, 0.1) is 0 Å². The van der Waals surface area contributed by atoms with Crippen LogP contribution in [0.25, 0.3) is 0 Å². The number of carboxylic acid groups (broad SMARTS) is 1. The van der Waals surface area contributed by atoms with E-state index in [9.17, 15) is 14.4 Å². The first-order valence-electron chi connectivity index (χ1n) is 4.66. The molecule has 0 radical (unpaired) electrons. The minimum Gasteiger partial charge on any atom is -0.480 e. The second-order valence-corrected chi connectivity index (χ2v) is 4.26. The van der Waals surface area contributed by atoms with Gasteiger partial charge in [-0.3, -0.25) is 9.36 Å². The summed E-state index contributed by atoms with van der Waals surface area (Å²) in [5.41, 5.74) is -0.376. The predicted molar refractivity (Wildman–Crippen MR) is 59.8 cm³/mol. The molecule has 0 saturated carbocycles. The number of rotatable bonds is 5. The van der Waals surface area contributed by atoms with Gasteiger partial charge in [0.2, 0.25) is 5.91 Å². The fraction of sp³-hybridized carbons (Fsp3) is 0.500. The third-order valence-electron chi connectivity index (χ3n) is 1.89. The zero-order chi connectivity index (χ0) is 13.0. The van der Waals surface area contributed by atoms with Crippen LogP contribution in [0.3, 0.4) is 0 Å². The molecule has 3 N–H and O–H groups in total. The van der Waals surface area contributed by atoms with Gasteiger partial charge in [0, 0.05) is 19.7 Å². The lowest BCUT2D eigenvalue weighted by molar-refractivity contribution is -0.140. The Morgan fingerprint density at radius 1 is 1.65 bits per heavy atom. The van der Waals surface area contributed by atoms with Crippen LogP contribution in [-0.2, 0) is 16.6 Å². The van der Waals surface area contributed by atoms with Gasteiger partial charge in [-0.05, 0) is 0 Å². The minimum absolute atomic E-state index is 0.0903. The summed E-state index contributed by atoms with van der Waals surface area (Å²) in [6.07, 6.45) is 0. The maximum absolute atomic E-state index is 11.0. The molecule has 0 aliphatic carbocycles. The van der Waals surface area contributed by atoms with E-state index >= 15 is 0 Å². The molecule has 1 amide bonds. The smallest absolute Gasteiger partial charge is 0.343 e. The average Bonchev–Trinajstić information content (AvgIpc) is 2.54. The van der Waals surface area contributed by atoms with E-state index in [4.69, 9.17) is 5.11 Å². The highest BCUT2D eigenvalue weighted by Crippen LogP contribution is 2.13. The summed E-state index contributed by atoms with van der Waals surface area (Å²) in [7, 11) is 1.52. The van der Waals surface area contributed by atoms with Crippen LogP contribution in [0.5, 0.6) is 0 Å². The summed E-state index contributed by atoms with van der Waals surface area (Å²) in [6, 6.07) is -1.01. The number of aromatic amines is 1. The minimum atomic E-state index is -1.13. The van der Waals surface area contributed by atoms with E-state index < -0.39 is 17.9 Å². The van der Waals surface area contributed by atoms with Gasteiger partial charge in [-0.2, -0.15) is 0 Å². The molecule has 17 heavy (non-hydrogen) atoms. The van der Waals surface area contributed by atoms with Crippen LogP contribution in [-0.4, -0.2) is 43.5 Å². The van der Waals surface area contributed by atoms with Gasteiger partial charge in [0.15, 0.2) is 5.16 Å². The summed E-state index contributed by atoms with van der Waals surface area (Å²) in [6.45, 7) is 1.24. The Hall–Kier alpha value is -1.77. The van der Waals surface area contributed by atoms with E-state index in [0.29, 0.717) is 5.16 Å². The van der Waals surface area contributed by atoms with Crippen LogP contribution in [0, 0.1) is 0 Å². The van der Waals surface area contributed by atoms with Crippen molar-refractivity contribution in [2.24, 2.45) is 7.05 Å². The molecular weight excluding hydrogens is 248 g/mol. The number of hydrogen-bond acceptors (Lipinski definition) is 5. The number of thioether (sulfide) groups is 1. The van der Waals surface area contributed by atoms with Crippen molar-refractivity contribution in [1.82, 2.24) is 20.1 Å². The maximum atomic E-state index is 11.0. The molecule has 1 atom stereocenters. The predicted octanol–water partition coefficient (Wildman–Crippen LogP) is -1.21. The van der Waals surface area contributed by atoms with Crippen molar-refractivity contribution in [1.29, 1.82) is 0 Å². The van der Waals surface area contributed by atoms with E-state index in [1.54, 1.807) is 0 Å². The van der Waals surface area contributed by atoms with Gasteiger partial charge in [-0.1, -0.05) is 11.8 Å².